The lowest BCUT2D eigenvalue weighted by Crippen LogP contribution is -2.20. The lowest BCUT2D eigenvalue weighted by atomic mass is 10.2. The summed E-state index contributed by atoms with van der Waals surface area (Å²) in [5.41, 5.74) is 0.717. The van der Waals surface area contributed by atoms with Gasteiger partial charge in [0.1, 0.15) is 10.7 Å². The van der Waals surface area contributed by atoms with Crippen molar-refractivity contribution < 1.29 is 12.8 Å². The third-order valence-electron chi connectivity index (χ3n) is 2.13. The number of hydrogen-bond donors (Lipinski definition) is 2. The van der Waals surface area contributed by atoms with Crippen molar-refractivity contribution >= 4 is 10.0 Å². The molecule has 2 N–H and O–H groups in total. The maximum absolute atomic E-state index is 13.5. The van der Waals surface area contributed by atoms with Gasteiger partial charge in [0.05, 0.1) is 0 Å². The van der Waals surface area contributed by atoms with Crippen LogP contribution in [0.3, 0.4) is 0 Å². The van der Waals surface area contributed by atoms with Crippen molar-refractivity contribution in [3.63, 3.8) is 0 Å². The lowest BCUT2D eigenvalue weighted by Gasteiger charge is -2.06. The maximum atomic E-state index is 13.5. The molecule has 1 aromatic carbocycles. The van der Waals surface area contributed by atoms with Gasteiger partial charge in [-0.25, -0.2) is 17.5 Å². The minimum atomic E-state index is -3.71. The van der Waals surface area contributed by atoms with Gasteiger partial charge in [0.2, 0.25) is 10.0 Å². The van der Waals surface area contributed by atoms with Crippen LogP contribution in [-0.4, -0.2) is 22.0 Å². The fourth-order valence-corrected chi connectivity index (χ4v) is 2.03. The van der Waals surface area contributed by atoms with E-state index in [0.29, 0.717) is 6.54 Å². The molecule has 4 nitrogen and oxygen atoms in total. The Bertz CT molecular complexity index is 460. The minimum Gasteiger partial charge on any atom is -0.313 e. The molecular formula is C10H15FN2O2S. The molecule has 16 heavy (non-hydrogen) atoms. The molecule has 0 atom stereocenters. The average Bonchev–Trinajstić information content (AvgIpc) is 2.26. The zero-order chi connectivity index (χ0) is 12.2. The van der Waals surface area contributed by atoms with E-state index in [2.05, 4.69) is 10.0 Å². The molecule has 0 radical (unpaired) electrons. The van der Waals surface area contributed by atoms with Crippen molar-refractivity contribution in [2.45, 2.75) is 18.4 Å². The summed E-state index contributed by atoms with van der Waals surface area (Å²) in [5.74, 6) is -0.732. The van der Waals surface area contributed by atoms with Crippen LogP contribution >= 0.6 is 0 Å². The van der Waals surface area contributed by atoms with Crippen molar-refractivity contribution in [1.82, 2.24) is 10.0 Å². The predicted octanol–water partition coefficient (Wildman–Crippen LogP) is 0.843. The van der Waals surface area contributed by atoms with Crippen LogP contribution in [0.2, 0.25) is 0 Å². The topological polar surface area (TPSA) is 58.2 Å². The van der Waals surface area contributed by atoms with E-state index in [4.69, 9.17) is 0 Å². The second kappa shape index (κ2) is 5.38. The average molecular weight is 246 g/mol. The Morgan fingerprint density at radius 3 is 2.56 bits per heavy atom. The van der Waals surface area contributed by atoms with Gasteiger partial charge in [-0.3, -0.25) is 0 Å². The van der Waals surface area contributed by atoms with Crippen LogP contribution < -0.4 is 10.0 Å². The molecule has 90 valence electrons. The molecular weight excluding hydrogens is 231 g/mol. The van der Waals surface area contributed by atoms with E-state index in [1.54, 1.807) is 6.07 Å². The fraction of sp³-hybridized carbons (Fsp3) is 0.400. The Labute approximate surface area is 94.9 Å². The van der Waals surface area contributed by atoms with Crippen LogP contribution in [0.15, 0.2) is 23.1 Å². The Balaban J connectivity index is 3.01. The number of benzene rings is 1. The maximum Gasteiger partial charge on any atom is 0.243 e. The molecule has 0 unspecified atom stereocenters. The molecule has 0 saturated heterocycles. The molecule has 0 heterocycles. The predicted molar refractivity (Wildman–Crippen MR) is 60.0 cm³/mol. The van der Waals surface area contributed by atoms with Crippen LogP contribution in [-0.2, 0) is 16.6 Å². The van der Waals surface area contributed by atoms with Crippen molar-refractivity contribution in [2.75, 3.05) is 13.6 Å². The van der Waals surface area contributed by atoms with Crippen molar-refractivity contribution in [3.8, 4) is 0 Å². The highest BCUT2D eigenvalue weighted by molar-refractivity contribution is 7.89. The Kier molecular flexibility index (Phi) is 4.40. The van der Waals surface area contributed by atoms with Gasteiger partial charge >= 0.3 is 0 Å². The number of hydrogen-bond acceptors (Lipinski definition) is 3. The minimum absolute atomic E-state index is 0.324. The number of halogens is 1. The second-order valence-electron chi connectivity index (χ2n) is 3.25. The molecule has 1 rings (SSSR count). The summed E-state index contributed by atoms with van der Waals surface area (Å²) in [5, 5.41) is 3.03. The summed E-state index contributed by atoms with van der Waals surface area (Å²) in [6, 6.07) is 4.09. The third-order valence-corrected chi connectivity index (χ3v) is 3.58. The Morgan fingerprint density at radius 2 is 2.06 bits per heavy atom. The van der Waals surface area contributed by atoms with E-state index in [1.165, 1.54) is 19.2 Å². The first kappa shape index (κ1) is 13.1. The first-order valence-corrected chi connectivity index (χ1v) is 6.42. The van der Waals surface area contributed by atoms with Crippen LogP contribution in [0.25, 0.3) is 0 Å². The number of rotatable bonds is 5. The first-order valence-electron chi connectivity index (χ1n) is 4.94. The molecule has 0 aliphatic rings. The van der Waals surface area contributed by atoms with E-state index in [0.717, 1.165) is 12.1 Å². The summed E-state index contributed by atoms with van der Waals surface area (Å²) in [7, 11) is -2.46. The largest absolute Gasteiger partial charge is 0.313 e. The van der Waals surface area contributed by atoms with Gasteiger partial charge in [-0.1, -0.05) is 13.0 Å². The number of nitrogens with one attached hydrogen (secondary N) is 2. The Morgan fingerprint density at radius 1 is 1.38 bits per heavy atom. The van der Waals surface area contributed by atoms with E-state index < -0.39 is 15.8 Å². The number of sulfonamides is 1. The summed E-state index contributed by atoms with van der Waals surface area (Å²) < 4.78 is 38.4. The van der Waals surface area contributed by atoms with Crippen LogP contribution in [0.1, 0.15) is 12.5 Å². The summed E-state index contributed by atoms with van der Waals surface area (Å²) >= 11 is 0. The molecule has 0 bridgehead atoms. The SMILES string of the molecule is CCNCc1ccc(S(=O)(=O)NC)c(F)c1. The van der Waals surface area contributed by atoms with E-state index in [1.807, 2.05) is 6.92 Å². The van der Waals surface area contributed by atoms with Crippen molar-refractivity contribution in [1.29, 1.82) is 0 Å². The molecule has 0 saturated carbocycles. The van der Waals surface area contributed by atoms with Crippen LogP contribution in [0.4, 0.5) is 4.39 Å². The molecule has 6 heteroatoms. The van der Waals surface area contributed by atoms with Crippen LogP contribution in [0.5, 0.6) is 0 Å². The first-order chi connectivity index (χ1) is 7.51. The second-order valence-corrected chi connectivity index (χ2v) is 5.11. The molecule has 0 aliphatic heterocycles. The zero-order valence-electron chi connectivity index (χ0n) is 9.25. The molecule has 0 aromatic heterocycles. The lowest BCUT2D eigenvalue weighted by molar-refractivity contribution is 0.559. The smallest absolute Gasteiger partial charge is 0.243 e. The van der Waals surface area contributed by atoms with Crippen molar-refractivity contribution in [3.05, 3.63) is 29.6 Å². The van der Waals surface area contributed by atoms with E-state index >= 15 is 0 Å². The summed E-state index contributed by atoms with van der Waals surface area (Å²) in [6.45, 7) is 3.24. The van der Waals surface area contributed by atoms with Gasteiger partial charge in [0.25, 0.3) is 0 Å². The molecule has 0 aliphatic carbocycles. The van der Waals surface area contributed by atoms with Gasteiger partial charge in [-0.05, 0) is 31.3 Å². The van der Waals surface area contributed by atoms with Crippen LogP contribution in [0, 0.1) is 5.82 Å². The molecule has 0 fully saturated rings. The van der Waals surface area contributed by atoms with Gasteiger partial charge in [-0.15, -0.1) is 0 Å². The van der Waals surface area contributed by atoms with Crippen molar-refractivity contribution in [2.24, 2.45) is 0 Å². The zero-order valence-corrected chi connectivity index (χ0v) is 10.1. The highest BCUT2D eigenvalue weighted by atomic mass is 32.2. The Hall–Kier alpha value is -0.980. The van der Waals surface area contributed by atoms with Gasteiger partial charge in [-0.2, -0.15) is 0 Å². The highest BCUT2D eigenvalue weighted by Crippen LogP contribution is 2.15. The summed E-state index contributed by atoms with van der Waals surface area (Å²) in [6.07, 6.45) is 0. The normalized spacial score (nSPS) is 11.7. The van der Waals surface area contributed by atoms with Gasteiger partial charge < -0.3 is 5.32 Å². The fourth-order valence-electron chi connectivity index (χ4n) is 1.25. The molecule has 1 aromatic rings. The third kappa shape index (κ3) is 3.01. The highest BCUT2D eigenvalue weighted by Gasteiger charge is 2.16. The standard InChI is InChI=1S/C10H15FN2O2S/c1-3-13-7-8-4-5-10(9(11)6-8)16(14,15)12-2/h4-6,12-13H,3,7H2,1-2H3. The molecule has 0 amide bonds. The quantitative estimate of drug-likeness (QED) is 0.809. The van der Waals surface area contributed by atoms with Gasteiger partial charge in [0.15, 0.2) is 0 Å². The molecule has 0 spiro atoms. The van der Waals surface area contributed by atoms with Gasteiger partial charge in [0, 0.05) is 6.54 Å². The van der Waals surface area contributed by atoms with E-state index in [-0.39, 0.29) is 4.90 Å². The van der Waals surface area contributed by atoms with E-state index in [9.17, 15) is 12.8 Å². The summed E-state index contributed by atoms with van der Waals surface area (Å²) in [4.78, 5) is -0.324. The monoisotopic (exact) mass is 246 g/mol.